The zero-order valence-corrected chi connectivity index (χ0v) is 11.0. The lowest BCUT2D eigenvalue weighted by Gasteiger charge is -2.15. The van der Waals surface area contributed by atoms with E-state index in [0.717, 1.165) is 11.1 Å². The second-order valence-corrected chi connectivity index (χ2v) is 4.98. The first-order valence-electron chi connectivity index (χ1n) is 6.76. The van der Waals surface area contributed by atoms with Crippen molar-refractivity contribution in [1.29, 1.82) is 0 Å². The van der Waals surface area contributed by atoms with Crippen molar-refractivity contribution in [1.82, 2.24) is 0 Å². The Morgan fingerprint density at radius 2 is 1.47 bits per heavy atom. The molecule has 1 aliphatic rings. The van der Waals surface area contributed by atoms with Gasteiger partial charge in [0.1, 0.15) is 11.7 Å². The highest BCUT2D eigenvalue weighted by Gasteiger charge is 2.61. The van der Waals surface area contributed by atoms with Crippen molar-refractivity contribution in [2.45, 2.75) is 31.2 Å². The van der Waals surface area contributed by atoms with Crippen LogP contribution in [-0.4, -0.2) is 17.3 Å². The molecule has 1 N–H and O–H groups in total. The molecule has 0 amide bonds. The van der Waals surface area contributed by atoms with E-state index in [1.807, 2.05) is 43.3 Å². The highest BCUT2D eigenvalue weighted by atomic mass is 16.6. The Bertz CT molecular complexity index is 496. The van der Waals surface area contributed by atoms with Crippen LogP contribution in [0.15, 0.2) is 60.7 Å². The topological polar surface area (TPSA) is 32.8 Å². The van der Waals surface area contributed by atoms with Gasteiger partial charge in [-0.3, -0.25) is 0 Å². The van der Waals surface area contributed by atoms with Gasteiger partial charge >= 0.3 is 0 Å². The number of aliphatic hydroxyl groups excluding tert-OH is 1. The molecule has 1 saturated heterocycles. The fraction of sp³-hybridized carbons (Fsp3) is 0.294. The fourth-order valence-corrected chi connectivity index (χ4v) is 2.73. The summed E-state index contributed by atoms with van der Waals surface area (Å²) in [7, 11) is 0. The summed E-state index contributed by atoms with van der Waals surface area (Å²) < 4.78 is 5.98. The Morgan fingerprint density at radius 1 is 1.00 bits per heavy atom. The van der Waals surface area contributed by atoms with Crippen LogP contribution in [0.3, 0.4) is 0 Å². The van der Waals surface area contributed by atoms with E-state index in [1.165, 1.54) is 0 Å². The molecule has 2 heteroatoms. The predicted molar refractivity (Wildman–Crippen MR) is 74.8 cm³/mol. The van der Waals surface area contributed by atoms with Crippen molar-refractivity contribution in [2.24, 2.45) is 0 Å². The lowest BCUT2D eigenvalue weighted by atomic mass is 9.86. The summed E-state index contributed by atoms with van der Waals surface area (Å²) in [6.07, 6.45) is 0.120. The molecule has 0 spiro atoms. The lowest BCUT2D eigenvalue weighted by molar-refractivity contribution is 0.131. The maximum absolute atomic E-state index is 10.1. The number of ether oxygens (including phenoxy) is 1. The normalized spacial score (nSPS) is 21.9. The fourth-order valence-electron chi connectivity index (χ4n) is 2.73. The zero-order chi connectivity index (χ0) is 13.3. The van der Waals surface area contributed by atoms with Crippen molar-refractivity contribution in [3.63, 3.8) is 0 Å². The minimum atomic E-state index is -0.474. The molecule has 2 nitrogen and oxygen atoms in total. The third-order valence-electron chi connectivity index (χ3n) is 3.83. The van der Waals surface area contributed by atoms with E-state index < -0.39 is 11.7 Å². The van der Waals surface area contributed by atoms with Crippen LogP contribution in [0, 0.1) is 0 Å². The molecule has 0 aromatic heterocycles. The van der Waals surface area contributed by atoms with Gasteiger partial charge in [-0.2, -0.15) is 0 Å². The molecule has 19 heavy (non-hydrogen) atoms. The summed E-state index contributed by atoms with van der Waals surface area (Å²) in [5.74, 6) is 0. The third-order valence-corrected chi connectivity index (χ3v) is 3.83. The molecule has 1 aliphatic heterocycles. The van der Waals surface area contributed by atoms with E-state index in [1.54, 1.807) is 0 Å². The predicted octanol–water partition coefficient (Wildman–Crippen LogP) is 3.10. The van der Waals surface area contributed by atoms with Crippen molar-refractivity contribution >= 4 is 0 Å². The number of aliphatic hydroxyl groups is 1. The van der Waals surface area contributed by atoms with Crippen LogP contribution in [0.25, 0.3) is 0 Å². The van der Waals surface area contributed by atoms with Gasteiger partial charge in [-0.05, 0) is 17.5 Å². The van der Waals surface area contributed by atoms with E-state index in [2.05, 4.69) is 24.3 Å². The van der Waals surface area contributed by atoms with Crippen molar-refractivity contribution in [3.8, 4) is 0 Å². The van der Waals surface area contributed by atoms with Gasteiger partial charge in [0.05, 0.1) is 6.10 Å². The zero-order valence-electron chi connectivity index (χ0n) is 11.0. The molecule has 0 unspecified atom stereocenters. The first-order valence-corrected chi connectivity index (χ1v) is 6.76. The lowest BCUT2D eigenvalue weighted by Crippen LogP contribution is -2.23. The maximum Gasteiger partial charge on any atom is 0.147 e. The van der Waals surface area contributed by atoms with Gasteiger partial charge < -0.3 is 9.84 Å². The molecule has 2 aromatic carbocycles. The molecule has 0 radical (unpaired) electrons. The van der Waals surface area contributed by atoms with Crippen LogP contribution in [0.1, 0.15) is 24.5 Å². The Hall–Kier alpha value is -1.64. The average Bonchev–Trinajstić information content (AvgIpc) is 3.25. The average molecular weight is 254 g/mol. The van der Waals surface area contributed by atoms with Crippen LogP contribution in [0.2, 0.25) is 0 Å². The first-order chi connectivity index (χ1) is 9.29. The Kier molecular flexibility index (Phi) is 3.13. The highest BCUT2D eigenvalue weighted by molar-refractivity contribution is 5.43. The molecule has 98 valence electrons. The molecule has 3 rings (SSSR count). The van der Waals surface area contributed by atoms with Crippen LogP contribution in [0.5, 0.6) is 0 Å². The van der Waals surface area contributed by atoms with Crippen molar-refractivity contribution in [3.05, 3.63) is 71.8 Å². The quantitative estimate of drug-likeness (QED) is 0.850. The van der Waals surface area contributed by atoms with Crippen LogP contribution in [-0.2, 0) is 10.3 Å². The molecule has 2 aromatic rings. The second kappa shape index (κ2) is 4.80. The molecule has 0 saturated carbocycles. The van der Waals surface area contributed by atoms with Gasteiger partial charge in [-0.25, -0.2) is 0 Å². The molecule has 0 bridgehead atoms. The smallest absolute Gasteiger partial charge is 0.147 e. The molecule has 2 atom stereocenters. The summed E-state index contributed by atoms with van der Waals surface area (Å²) >= 11 is 0. The molecular formula is C17H18O2. The minimum Gasteiger partial charge on any atom is -0.390 e. The molecule has 1 fully saturated rings. The number of benzene rings is 2. The van der Waals surface area contributed by atoms with Gasteiger partial charge in [-0.1, -0.05) is 67.6 Å². The van der Waals surface area contributed by atoms with Crippen molar-refractivity contribution < 1.29 is 9.84 Å². The molecular weight excluding hydrogens is 236 g/mol. The van der Waals surface area contributed by atoms with E-state index in [-0.39, 0.29) is 6.10 Å². The van der Waals surface area contributed by atoms with Gasteiger partial charge in [0, 0.05) is 0 Å². The van der Waals surface area contributed by atoms with Crippen LogP contribution in [0.4, 0.5) is 0 Å². The largest absolute Gasteiger partial charge is 0.390 e. The standard InChI is InChI=1S/C17H18O2/c1-2-15(18)16-17(19-16,13-9-5-3-6-10-13)14-11-7-4-8-12-14/h3-12,15-16,18H,2H2,1H3/t15-,16+/m1/s1. The Morgan fingerprint density at radius 3 is 1.89 bits per heavy atom. The van der Waals surface area contributed by atoms with Gasteiger partial charge in [0.25, 0.3) is 0 Å². The van der Waals surface area contributed by atoms with E-state index >= 15 is 0 Å². The number of hydrogen-bond donors (Lipinski definition) is 1. The summed E-state index contributed by atoms with van der Waals surface area (Å²) in [6, 6.07) is 20.3. The minimum absolute atomic E-state index is 0.151. The van der Waals surface area contributed by atoms with Gasteiger partial charge in [0.2, 0.25) is 0 Å². The number of epoxide rings is 1. The van der Waals surface area contributed by atoms with E-state index in [0.29, 0.717) is 6.42 Å². The van der Waals surface area contributed by atoms with Crippen LogP contribution < -0.4 is 0 Å². The monoisotopic (exact) mass is 254 g/mol. The maximum atomic E-state index is 10.1. The third kappa shape index (κ3) is 1.97. The van der Waals surface area contributed by atoms with Gasteiger partial charge in [0.15, 0.2) is 0 Å². The summed E-state index contributed by atoms with van der Waals surface area (Å²) in [5.41, 5.74) is 1.75. The van der Waals surface area contributed by atoms with E-state index in [4.69, 9.17) is 4.74 Å². The summed E-state index contributed by atoms with van der Waals surface area (Å²) in [5, 5.41) is 10.1. The summed E-state index contributed by atoms with van der Waals surface area (Å²) in [6.45, 7) is 1.98. The summed E-state index contributed by atoms with van der Waals surface area (Å²) in [4.78, 5) is 0. The molecule has 1 heterocycles. The Labute approximate surface area is 113 Å². The van der Waals surface area contributed by atoms with Gasteiger partial charge in [-0.15, -0.1) is 0 Å². The van der Waals surface area contributed by atoms with Crippen molar-refractivity contribution in [2.75, 3.05) is 0 Å². The SMILES string of the molecule is CC[C@@H](O)[C@@H]1OC1(c1ccccc1)c1ccccc1. The number of hydrogen-bond acceptors (Lipinski definition) is 2. The highest BCUT2D eigenvalue weighted by Crippen LogP contribution is 2.53. The second-order valence-electron chi connectivity index (χ2n) is 4.98. The molecule has 0 aliphatic carbocycles. The van der Waals surface area contributed by atoms with E-state index in [9.17, 15) is 5.11 Å². The van der Waals surface area contributed by atoms with Crippen LogP contribution >= 0.6 is 0 Å². The Balaban J connectivity index is 2.05. The number of rotatable bonds is 4. The first kappa shape index (κ1) is 12.4.